The second-order valence-electron chi connectivity index (χ2n) is 8.59. The van der Waals surface area contributed by atoms with E-state index in [2.05, 4.69) is 34.9 Å². The summed E-state index contributed by atoms with van der Waals surface area (Å²) in [4.78, 5) is 24.8. The number of ether oxygens (including phenoxy) is 1. The van der Waals surface area contributed by atoms with Crippen LogP contribution in [0.1, 0.15) is 37.7 Å². The van der Waals surface area contributed by atoms with Crippen molar-refractivity contribution in [2.24, 2.45) is 11.8 Å². The molecule has 0 aromatic heterocycles. The topological polar surface area (TPSA) is 67.4 Å². The van der Waals surface area contributed by atoms with Crippen molar-refractivity contribution in [1.82, 2.24) is 10.6 Å². The number of esters is 1. The molecule has 2 aromatic carbocycles. The SMILES string of the molecule is COC(=O)C(CNC(=O)CC1CC2CCC(C1)N2)Cc1ccc2ccccc2c1. The summed E-state index contributed by atoms with van der Waals surface area (Å²) in [6, 6.07) is 15.6. The maximum atomic E-state index is 12.5. The van der Waals surface area contributed by atoms with Gasteiger partial charge in [0.25, 0.3) is 0 Å². The van der Waals surface area contributed by atoms with E-state index < -0.39 is 0 Å². The molecule has 2 heterocycles. The van der Waals surface area contributed by atoms with E-state index in [9.17, 15) is 9.59 Å². The van der Waals surface area contributed by atoms with E-state index in [0.717, 1.165) is 23.8 Å². The summed E-state index contributed by atoms with van der Waals surface area (Å²) < 4.78 is 4.99. The van der Waals surface area contributed by atoms with Gasteiger partial charge in [0.05, 0.1) is 13.0 Å². The van der Waals surface area contributed by atoms with Crippen molar-refractivity contribution >= 4 is 22.6 Å². The van der Waals surface area contributed by atoms with E-state index in [-0.39, 0.29) is 17.8 Å². The Morgan fingerprint density at radius 3 is 2.55 bits per heavy atom. The first-order valence-electron chi connectivity index (χ1n) is 10.7. The highest BCUT2D eigenvalue weighted by Crippen LogP contribution is 2.32. The summed E-state index contributed by atoms with van der Waals surface area (Å²) in [5.41, 5.74) is 1.07. The fraction of sp³-hybridized carbons (Fsp3) is 0.500. The van der Waals surface area contributed by atoms with Crippen LogP contribution in [-0.4, -0.2) is 37.6 Å². The molecule has 3 atom stereocenters. The lowest BCUT2D eigenvalue weighted by molar-refractivity contribution is -0.145. The Labute approximate surface area is 172 Å². The normalized spacial score (nSPS) is 24.2. The summed E-state index contributed by atoms with van der Waals surface area (Å²) in [5, 5.41) is 8.93. The number of piperidine rings is 1. The number of fused-ring (bicyclic) bond motifs is 3. The number of methoxy groups -OCH3 is 1. The Bertz CT molecular complexity index is 869. The van der Waals surface area contributed by atoms with Crippen LogP contribution in [0.15, 0.2) is 42.5 Å². The minimum Gasteiger partial charge on any atom is -0.469 e. The van der Waals surface area contributed by atoms with Gasteiger partial charge in [-0.25, -0.2) is 0 Å². The van der Waals surface area contributed by atoms with Gasteiger partial charge in [-0.3, -0.25) is 9.59 Å². The van der Waals surface area contributed by atoms with Gasteiger partial charge in [-0.05, 0) is 54.4 Å². The Morgan fingerprint density at radius 1 is 1.10 bits per heavy atom. The van der Waals surface area contributed by atoms with E-state index >= 15 is 0 Å². The van der Waals surface area contributed by atoms with Crippen molar-refractivity contribution in [2.45, 2.75) is 50.6 Å². The number of nitrogens with one attached hydrogen (secondary N) is 2. The van der Waals surface area contributed by atoms with Gasteiger partial charge in [0.1, 0.15) is 0 Å². The van der Waals surface area contributed by atoms with Crippen LogP contribution < -0.4 is 10.6 Å². The Hall–Kier alpha value is -2.40. The van der Waals surface area contributed by atoms with Gasteiger partial charge in [-0.15, -0.1) is 0 Å². The lowest BCUT2D eigenvalue weighted by Gasteiger charge is -2.28. The van der Waals surface area contributed by atoms with Crippen LogP contribution in [0.2, 0.25) is 0 Å². The van der Waals surface area contributed by atoms with Crippen LogP contribution in [0, 0.1) is 11.8 Å². The van der Waals surface area contributed by atoms with Gasteiger partial charge in [0.2, 0.25) is 5.91 Å². The molecular weight excluding hydrogens is 364 g/mol. The predicted molar refractivity (Wildman–Crippen MR) is 113 cm³/mol. The summed E-state index contributed by atoms with van der Waals surface area (Å²) in [6.07, 6.45) is 5.74. The third-order valence-corrected chi connectivity index (χ3v) is 6.42. The molecule has 0 radical (unpaired) electrons. The second-order valence-corrected chi connectivity index (χ2v) is 8.59. The maximum Gasteiger partial charge on any atom is 0.310 e. The molecule has 29 heavy (non-hydrogen) atoms. The van der Waals surface area contributed by atoms with Crippen molar-refractivity contribution in [3.63, 3.8) is 0 Å². The molecule has 2 bridgehead atoms. The van der Waals surface area contributed by atoms with Crippen LogP contribution in [0.4, 0.5) is 0 Å². The van der Waals surface area contributed by atoms with E-state index in [1.54, 1.807) is 0 Å². The predicted octanol–water partition coefficient (Wildman–Crippen LogP) is 3.21. The number of amides is 1. The summed E-state index contributed by atoms with van der Waals surface area (Å²) >= 11 is 0. The van der Waals surface area contributed by atoms with Gasteiger partial charge in [0.15, 0.2) is 0 Å². The smallest absolute Gasteiger partial charge is 0.310 e. The molecule has 3 unspecified atom stereocenters. The van der Waals surface area contributed by atoms with Crippen LogP contribution in [0.5, 0.6) is 0 Å². The van der Waals surface area contributed by atoms with E-state index in [0.29, 0.717) is 37.4 Å². The highest BCUT2D eigenvalue weighted by molar-refractivity contribution is 5.83. The molecule has 0 spiro atoms. The molecule has 5 heteroatoms. The molecule has 2 N–H and O–H groups in total. The molecule has 2 fully saturated rings. The zero-order chi connectivity index (χ0) is 20.2. The van der Waals surface area contributed by atoms with E-state index in [1.807, 2.05) is 18.2 Å². The fourth-order valence-electron chi connectivity index (χ4n) is 4.97. The van der Waals surface area contributed by atoms with E-state index in [4.69, 9.17) is 4.74 Å². The molecule has 0 aliphatic carbocycles. The zero-order valence-corrected chi connectivity index (χ0v) is 17.0. The van der Waals surface area contributed by atoms with E-state index in [1.165, 1.54) is 25.3 Å². The molecule has 2 aliphatic rings. The quantitative estimate of drug-likeness (QED) is 0.708. The number of carbonyl (C=O) groups is 2. The molecule has 1 amide bonds. The monoisotopic (exact) mass is 394 g/mol. The van der Waals surface area contributed by atoms with Crippen molar-refractivity contribution in [3.05, 3.63) is 48.0 Å². The third kappa shape index (κ3) is 4.96. The van der Waals surface area contributed by atoms with Crippen molar-refractivity contribution in [2.75, 3.05) is 13.7 Å². The molecule has 2 aromatic rings. The van der Waals surface area contributed by atoms with Crippen LogP contribution >= 0.6 is 0 Å². The standard InChI is InChI=1S/C24H30N2O3/c1-29-24(28)20(11-16-6-7-18-4-2-3-5-19(18)10-16)15-25-23(27)14-17-12-21-8-9-22(13-17)26-21/h2-7,10,17,20-22,26H,8-9,11-15H2,1H3,(H,25,27). The van der Waals surface area contributed by atoms with Crippen molar-refractivity contribution in [3.8, 4) is 0 Å². The van der Waals surface area contributed by atoms with Crippen molar-refractivity contribution < 1.29 is 14.3 Å². The average Bonchev–Trinajstić information content (AvgIpc) is 3.08. The number of hydrogen-bond acceptors (Lipinski definition) is 4. The number of carbonyl (C=O) groups excluding carboxylic acids is 2. The maximum absolute atomic E-state index is 12.5. The Kier molecular flexibility index (Phi) is 6.14. The molecule has 154 valence electrons. The van der Waals surface area contributed by atoms with Crippen LogP contribution in [0.25, 0.3) is 10.8 Å². The lowest BCUT2D eigenvalue weighted by Crippen LogP contribution is -2.40. The Balaban J connectivity index is 1.34. The molecule has 2 aliphatic heterocycles. The minimum absolute atomic E-state index is 0.0451. The number of rotatable bonds is 7. The first-order valence-corrected chi connectivity index (χ1v) is 10.7. The van der Waals surface area contributed by atoms with Crippen LogP contribution in [-0.2, 0) is 20.7 Å². The molecule has 4 rings (SSSR count). The average molecular weight is 395 g/mol. The number of benzene rings is 2. The second kappa shape index (κ2) is 8.95. The van der Waals surface area contributed by atoms with Crippen LogP contribution in [0.3, 0.4) is 0 Å². The Morgan fingerprint density at radius 2 is 1.83 bits per heavy atom. The largest absolute Gasteiger partial charge is 0.469 e. The first kappa shape index (κ1) is 19.9. The molecule has 2 saturated heterocycles. The summed E-state index contributed by atoms with van der Waals surface area (Å²) in [7, 11) is 1.41. The minimum atomic E-state index is -0.380. The first-order chi connectivity index (χ1) is 14.1. The lowest BCUT2D eigenvalue weighted by atomic mass is 9.89. The zero-order valence-electron chi connectivity index (χ0n) is 17.0. The highest BCUT2D eigenvalue weighted by atomic mass is 16.5. The molecular formula is C24H30N2O3. The van der Waals surface area contributed by atoms with Gasteiger partial charge < -0.3 is 15.4 Å². The van der Waals surface area contributed by atoms with Gasteiger partial charge >= 0.3 is 5.97 Å². The van der Waals surface area contributed by atoms with Crippen molar-refractivity contribution in [1.29, 1.82) is 0 Å². The number of hydrogen-bond donors (Lipinski definition) is 2. The van der Waals surface area contributed by atoms with Gasteiger partial charge in [-0.2, -0.15) is 0 Å². The summed E-state index contributed by atoms with van der Waals surface area (Å²) in [5.74, 6) is -0.165. The van der Waals surface area contributed by atoms with Gasteiger partial charge in [-0.1, -0.05) is 42.5 Å². The molecule has 5 nitrogen and oxygen atoms in total. The summed E-state index contributed by atoms with van der Waals surface area (Å²) in [6.45, 7) is 0.316. The third-order valence-electron chi connectivity index (χ3n) is 6.42. The highest BCUT2D eigenvalue weighted by Gasteiger charge is 2.34. The molecule has 0 saturated carbocycles. The van der Waals surface area contributed by atoms with Gasteiger partial charge in [0, 0.05) is 25.0 Å². The fourth-order valence-corrected chi connectivity index (χ4v) is 4.97.